The van der Waals surface area contributed by atoms with E-state index >= 15 is 0 Å². The van der Waals surface area contributed by atoms with Crippen LogP contribution in [0.3, 0.4) is 0 Å². The smallest absolute Gasteiger partial charge is 0.259 e. The van der Waals surface area contributed by atoms with E-state index in [1.54, 1.807) is 6.08 Å². The fourth-order valence-corrected chi connectivity index (χ4v) is 3.57. The summed E-state index contributed by atoms with van der Waals surface area (Å²) in [6.45, 7) is 2.12. The van der Waals surface area contributed by atoms with Crippen LogP contribution >= 0.6 is 0 Å². The number of carbonyl (C=O) groups excluding carboxylic acids is 1. The molecule has 1 N–H and O–H groups in total. The lowest BCUT2D eigenvalue weighted by Gasteiger charge is -2.19. The van der Waals surface area contributed by atoms with Gasteiger partial charge < -0.3 is 14.5 Å². The van der Waals surface area contributed by atoms with Crippen molar-refractivity contribution in [3.05, 3.63) is 62.6 Å². The highest BCUT2D eigenvalue weighted by Crippen LogP contribution is 2.33. The SMILES string of the molecule is Cc1[nH]c(=O)c(C(=O)/C=C/c2ccc3c(c2)OCO3)c2c1CCCC2. The Kier molecular flexibility index (Phi) is 3.92. The van der Waals surface area contributed by atoms with Crippen LogP contribution in [-0.2, 0) is 12.8 Å². The van der Waals surface area contributed by atoms with Crippen molar-refractivity contribution in [3.63, 3.8) is 0 Å². The van der Waals surface area contributed by atoms with Crippen molar-refractivity contribution < 1.29 is 14.3 Å². The van der Waals surface area contributed by atoms with Crippen molar-refractivity contribution in [2.24, 2.45) is 0 Å². The van der Waals surface area contributed by atoms with E-state index in [2.05, 4.69) is 4.98 Å². The van der Waals surface area contributed by atoms with Gasteiger partial charge in [-0.05, 0) is 67.5 Å². The van der Waals surface area contributed by atoms with E-state index < -0.39 is 0 Å². The highest BCUT2D eigenvalue weighted by Gasteiger charge is 2.22. The Balaban J connectivity index is 1.66. The maximum absolute atomic E-state index is 12.7. The fraction of sp³-hybridized carbons (Fsp3) is 0.300. The van der Waals surface area contributed by atoms with Gasteiger partial charge in [0.05, 0.1) is 5.56 Å². The number of fused-ring (bicyclic) bond motifs is 2. The van der Waals surface area contributed by atoms with Crippen molar-refractivity contribution in [1.82, 2.24) is 4.98 Å². The number of carbonyl (C=O) groups is 1. The molecule has 1 aliphatic heterocycles. The molecule has 5 heteroatoms. The third-order valence-electron chi connectivity index (χ3n) is 4.82. The lowest BCUT2D eigenvalue weighted by atomic mass is 9.87. The number of aromatic amines is 1. The Bertz CT molecular complexity index is 939. The molecule has 0 spiro atoms. The van der Waals surface area contributed by atoms with Crippen LogP contribution < -0.4 is 15.0 Å². The second-order valence-corrected chi connectivity index (χ2v) is 6.43. The Labute approximate surface area is 145 Å². The molecule has 0 saturated heterocycles. The van der Waals surface area contributed by atoms with Gasteiger partial charge in [0.15, 0.2) is 17.3 Å². The number of H-pyrrole nitrogens is 1. The Morgan fingerprint density at radius 3 is 2.72 bits per heavy atom. The number of benzene rings is 1. The number of hydrogen-bond donors (Lipinski definition) is 1. The number of allylic oxidation sites excluding steroid dienone is 1. The minimum absolute atomic E-state index is 0.215. The molecule has 0 saturated carbocycles. The first kappa shape index (κ1) is 15.7. The number of nitrogens with one attached hydrogen (secondary N) is 1. The van der Waals surface area contributed by atoms with E-state index in [-0.39, 0.29) is 23.7 Å². The van der Waals surface area contributed by atoms with Gasteiger partial charge >= 0.3 is 0 Å². The standard InChI is InChI=1S/C20H19NO4/c1-12-14-4-2-3-5-15(14)19(20(23)21-12)16(22)8-6-13-7-9-17-18(10-13)25-11-24-17/h6-10H,2-5,11H2,1H3,(H,21,23)/b8-6+. The highest BCUT2D eigenvalue weighted by molar-refractivity contribution is 6.07. The second kappa shape index (κ2) is 6.24. The summed E-state index contributed by atoms with van der Waals surface area (Å²) < 4.78 is 10.6. The topological polar surface area (TPSA) is 68.4 Å². The quantitative estimate of drug-likeness (QED) is 0.690. The summed E-state index contributed by atoms with van der Waals surface area (Å²) in [7, 11) is 0. The van der Waals surface area contributed by atoms with Crippen molar-refractivity contribution in [1.29, 1.82) is 0 Å². The molecule has 2 aliphatic rings. The molecule has 2 aromatic rings. The summed E-state index contributed by atoms with van der Waals surface area (Å²) in [6, 6.07) is 5.49. The first-order valence-electron chi connectivity index (χ1n) is 8.50. The first-order chi connectivity index (χ1) is 12.1. The molecule has 128 valence electrons. The van der Waals surface area contributed by atoms with Crippen LogP contribution in [0.5, 0.6) is 11.5 Å². The number of aryl methyl sites for hydroxylation is 1. The van der Waals surface area contributed by atoms with E-state index in [0.717, 1.165) is 48.1 Å². The molecule has 0 radical (unpaired) electrons. The van der Waals surface area contributed by atoms with Crippen molar-refractivity contribution in [2.75, 3.05) is 6.79 Å². The number of pyridine rings is 1. The minimum Gasteiger partial charge on any atom is -0.454 e. The number of rotatable bonds is 3. The molecule has 1 aromatic carbocycles. The summed E-state index contributed by atoms with van der Waals surface area (Å²) in [5, 5.41) is 0. The van der Waals surface area contributed by atoms with E-state index in [1.165, 1.54) is 6.08 Å². The molecule has 1 aliphatic carbocycles. The highest BCUT2D eigenvalue weighted by atomic mass is 16.7. The van der Waals surface area contributed by atoms with E-state index in [4.69, 9.17) is 9.47 Å². The van der Waals surface area contributed by atoms with Gasteiger partial charge in [-0.15, -0.1) is 0 Å². The lowest BCUT2D eigenvalue weighted by molar-refractivity contribution is 0.104. The third-order valence-corrected chi connectivity index (χ3v) is 4.82. The molecule has 0 bridgehead atoms. The Hall–Kier alpha value is -2.82. The van der Waals surface area contributed by atoms with Gasteiger partial charge in [-0.25, -0.2) is 0 Å². The molecule has 0 fully saturated rings. The van der Waals surface area contributed by atoms with Crippen LogP contribution in [0, 0.1) is 6.92 Å². The van der Waals surface area contributed by atoms with Crippen molar-refractivity contribution in [2.45, 2.75) is 32.6 Å². The minimum atomic E-state index is -0.293. The fourth-order valence-electron chi connectivity index (χ4n) is 3.57. The van der Waals surface area contributed by atoms with E-state index in [0.29, 0.717) is 11.5 Å². The molecule has 5 nitrogen and oxygen atoms in total. The molecule has 4 rings (SSSR count). The van der Waals surface area contributed by atoms with Crippen molar-refractivity contribution in [3.8, 4) is 11.5 Å². The number of aromatic nitrogens is 1. The van der Waals surface area contributed by atoms with Gasteiger partial charge in [-0.2, -0.15) is 0 Å². The van der Waals surface area contributed by atoms with Crippen LogP contribution in [0.25, 0.3) is 6.08 Å². The molecule has 2 heterocycles. The lowest BCUT2D eigenvalue weighted by Crippen LogP contribution is -2.24. The van der Waals surface area contributed by atoms with Crippen LogP contribution in [0.15, 0.2) is 29.1 Å². The number of hydrogen-bond acceptors (Lipinski definition) is 4. The van der Waals surface area contributed by atoms with Gasteiger partial charge in [0.25, 0.3) is 5.56 Å². The van der Waals surface area contributed by atoms with Crippen LogP contribution in [0.2, 0.25) is 0 Å². The molecule has 0 amide bonds. The molecule has 0 atom stereocenters. The number of ether oxygens (including phenoxy) is 2. The Morgan fingerprint density at radius 1 is 1.12 bits per heavy atom. The zero-order chi connectivity index (χ0) is 17.4. The normalized spacial score (nSPS) is 15.4. The van der Waals surface area contributed by atoms with Crippen LogP contribution in [-0.4, -0.2) is 17.6 Å². The molecular formula is C20H19NO4. The largest absolute Gasteiger partial charge is 0.454 e. The maximum Gasteiger partial charge on any atom is 0.259 e. The van der Waals surface area contributed by atoms with Crippen molar-refractivity contribution >= 4 is 11.9 Å². The van der Waals surface area contributed by atoms with Crippen LogP contribution in [0.4, 0.5) is 0 Å². The van der Waals surface area contributed by atoms with E-state index in [9.17, 15) is 9.59 Å². The van der Waals surface area contributed by atoms with E-state index in [1.807, 2.05) is 25.1 Å². The summed E-state index contributed by atoms with van der Waals surface area (Å²) in [5.74, 6) is 1.12. The predicted octanol–water partition coefficient (Wildman–Crippen LogP) is 3.19. The summed E-state index contributed by atoms with van der Waals surface area (Å²) >= 11 is 0. The van der Waals surface area contributed by atoms with Gasteiger partial charge in [0.1, 0.15) is 0 Å². The molecule has 1 aromatic heterocycles. The predicted molar refractivity (Wildman–Crippen MR) is 94.4 cm³/mol. The Morgan fingerprint density at radius 2 is 1.88 bits per heavy atom. The first-order valence-corrected chi connectivity index (χ1v) is 8.50. The van der Waals surface area contributed by atoms with Gasteiger partial charge in [-0.1, -0.05) is 12.1 Å². The van der Waals surface area contributed by atoms with Crippen LogP contribution in [0.1, 0.15) is 45.6 Å². The number of ketones is 1. The van der Waals surface area contributed by atoms with Gasteiger partial charge in [0, 0.05) is 5.69 Å². The summed E-state index contributed by atoms with van der Waals surface area (Å²) in [6.07, 6.45) is 7.00. The van der Waals surface area contributed by atoms with Gasteiger partial charge in [0.2, 0.25) is 6.79 Å². The van der Waals surface area contributed by atoms with Gasteiger partial charge in [-0.3, -0.25) is 9.59 Å². The second-order valence-electron chi connectivity index (χ2n) is 6.43. The third kappa shape index (κ3) is 2.86. The molecular weight excluding hydrogens is 318 g/mol. The zero-order valence-corrected chi connectivity index (χ0v) is 14.1. The molecule has 25 heavy (non-hydrogen) atoms. The maximum atomic E-state index is 12.7. The zero-order valence-electron chi connectivity index (χ0n) is 14.1. The summed E-state index contributed by atoms with van der Waals surface area (Å²) in [4.78, 5) is 27.9. The average Bonchev–Trinajstić information content (AvgIpc) is 3.07. The summed E-state index contributed by atoms with van der Waals surface area (Å²) in [5.41, 5.74) is 3.76. The monoisotopic (exact) mass is 337 g/mol. The average molecular weight is 337 g/mol. The molecule has 0 unspecified atom stereocenters.